The van der Waals surface area contributed by atoms with Crippen molar-refractivity contribution in [1.29, 1.82) is 0 Å². The Hall–Kier alpha value is -2.30. The number of carbonyl (C=O) groups is 1. The van der Waals surface area contributed by atoms with E-state index >= 15 is 0 Å². The van der Waals surface area contributed by atoms with E-state index in [1.807, 2.05) is 49.8 Å². The van der Waals surface area contributed by atoms with E-state index in [1.165, 1.54) is 0 Å². The number of aromatic nitrogens is 2. The SMILES string of the molecule is CC(C)(C)OC(=O)N1C=Cc2nn3c(c2C1)C=CC=CC3. The molecule has 1 aromatic heterocycles. The highest BCUT2D eigenvalue weighted by atomic mass is 16.6. The van der Waals surface area contributed by atoms with Gasteiger partial charge in [-0.15, -0.1) is 0 Å². The summed E-state index contributed by atoms with van der Waals surface area (Å²) < 4.78 is 7.37. The number of amides is 1. The number of rotatable bonds is 0. The summed E-state index contributed by atoms with van der Waals surface area (Å²) in [5.74, 6) is 0. The molecule has 1 amide bonds. The van der Waals surface area contributed by atoms with Crippen molar-refractivity contribution in [3.05, 3.63) is 41.4 Å². The zero-order valence-corrected chi connectivity index (χ0v) is 12.5. The maximum Gasteiger partial charge on any atom is 0.414 e. The van der Waals surface area contributed by atoms with Crippen LogP contribution in [0, 0.1) is 0 Å². The molecule has 3 rings (SSSR count). The highest BCUT2D eigenvalue weighted by Crippen LogP contribution is 2.26. The van der Waals surface area contributed by atoms with Gasteiger partial charge >= 0.3 is 6.09 Å². The first-order valence-electron chi connectivity index (χ1n) is 7.05. The van der Waals surface area contributed by atoms with Gasteiger partial charge in [0.25, 0.3) is 0 Å². The Balaban J connectivity index is 1.86. The molecule has 0 N–H and O–H groups in total. The van der Waals surface area contributed by atoms with E-state index in [9.17, 15) is 4.79 Å². The Morgan fingerprint density at radius 3 is 2.86 bits per heavy atom. The third-order valence-corrected chi connectivity index (χ3v) is 3.27. The van der Waals surface area contributed by atoms with Crippen LogP contribution in [0.2, 0.25) is 0 Å². The maximum atomic E-state index is 12.2. The van der Waals surface area contributed by atoms with Crippen LogP contribution in [0.1, 0.15) is 37.7 Å². The van der Waals surface area contributed by atoms with Crippen molar-refractivity contribution in [3.8, 4) is 0 Å². The smallest absolute Gasteiger partial charge is 0.414 e. The second-order valence-electron chi connectivity index (χ2n) is 6.14. The van der Waals surface area contributed by atoms with Crippen LogP contribution in [0.15, 0.2) is 24.4 Å². The second kappa shape index (κ2) is 4.91. The minimum Gasteiger partial charge on any atom is -0.443 e. The fourth-order valence-corrected chi connectivity index (χ4v) is 2.37. The summed E-state index contributed by atoms with van der Waals surface area (Å²) in [5.41, 5.74) is 2.53. The van der Waals surface area contributed by atoms with Gasteiger partial charge in [0.1, 0.15) is 5.60 Å². The molecule has 0 aliphatic carbocycles. The van der Waals surface area contributed by atoms with Crippen molar-refractivity contribution in [2.75, 3.05) is 0 Å². The summed E-state index contributed by atoms with van der Waals surface area (Å²) in [6, 6.07) is 0. The van der Waals surface area contributed by atoms with Crippen LogP contribution in [0.3, 0.4) is 0 Å². The number of hydrogen-bond donors (Lipinski definition) is 0. The van der Waals surface area contributed by atoms with Gasteiger partial charge in [-0.1, -0.05) is 18.2 Å². The van der Waals surface area contributed by atoms with E-state index in [2.05, 4.69) is 11.2 Å². The van der Waals surface area contributed by atoms with Crippen LogP contribution in [0.25, 0.3) is 12.2 Å². The van der Waals surface area contributed by atoms with Crippen LogP contribution in [-0.4, -0.2) is 26.4 Å². The van der Waals surface area contributed by atoms with E-state index < -0.39 is 5.60 Å². The van der Waals surface area contributed by atoms with Crippen LogP contribution in [0.5, 0.6) is 0 Å². The van der Waals surface area contributed by atoms with Crippen molar-refractivity contribution in [1.82, 2.24) is 14.7 Å². The third kappa shape index (κ3) is 2.77. The summed E-state index contributed by atoms with van der Waals surface area (Å²) in [6.45, 7) is 6.83. The van der Waals surface area contributed by atoms with Crippen molar-refractivity contribution in [2.24, 2.45) is 0 Å². The Morgan fingerprint density at radius 2 is 2.10 bits per heavy atom. The molecule has 3 heterocycles. The van der Waals surface area contributed by atoms with Crippen LogP contribution in [0.4, 0.5) is 4.79 Å². The van der Waals surface area contributed by atoms with Gasteiger partial charge in [0.15, 0.2) is 0 Å². The largest absolute Gasteiger partial charge is 0.443 e. The first kappa shape index (κ1) is 13.7. The van der Waals surface area contributed by atoms with Crippen molar-refractivity contribution >= 4 is 18.2 Å². The average molecular weight is 285 g/mol. The number of allylic oxidation sites excluding steroid dienone is 3. The molecule has 1 aromatic rings. The minimum absolute atomic E-state index is 0.333. The van der Waals surface area contributed by atoms with Gasteiger partial charge in [-0.05, 0) is 32.9 Å². The molecule has 2 aliphatic heterocycles. The van der Waals surface area contributed by atoms with Crippen molar-refractivity contribution in [2.45, 2.75) is 39.5 Å². The number of carbonyl (C=O) groups excluding carboxylic acids is 1. The molecule has 0 fully saturated rings. The van der Waals surface area contributed by atoms with E-state index in [-0.39, 0.29) is 6.09 Å². The monoisotopic (exact) mass is 285 g/mol. The topological polar surface area (TPSA) is 47.4 Å². The Morgan fingerprint density at radius 1 is 1.29 bits per heavy atom. The lowest BCUT2D eigenvalue weighted by Gasteiger charge is -2.26. The van der Waals surface area contributed by atoms with Gasteiger partial charge in [-0.3, -0.25) is 9.58 Å². The summed E-state index contributed by atoms with van der Waals surface area (Å²) in [5, 5.41) is 4.57. The van der Waals surface area contributed by atoms with Gasteiger partial charge in [0, 0.05) is 11.8 Å². The van der Waals surface area contributed by atoms with Crippen molar-refractivity contribution < 1.29 is 9.53 Å². The molecule has 0 saturated heterocycles. The Kier molecular flexibility index (Phi) is 3.20. The molecule has 2 aliphatic rings. The molecule has 0 spiro atoms. The van der Waals surface area contributed by atoms with Crippen molar-refractivity contribution in [3.63, 3.8) is 0 Å². The second-order valence-corrected chi connectivity index (χ2v) is 6.14. The number of ether oxygens (including phenoxy) is 1. The van der Waals surface area contributed by atoms with E-state index in [0.717, 1.165) is 23.5 Å². The molecule has 0 saturated carbocycles. The first-order chi connectivity index (χ1) is 9.94. The summed E-state index contributed by atoms with van der Waals surface area (Å²) in [7, 11) is 0. The predicted molar refractivity (Wildman–Crippen MR) is 81.2 cm³/mol. The zero-order chi connectivity index (χ0) is 15.0. The first-order valence-corrected chi connectivity index (χ1v) is 7.05. The normalized spacial score (nSPS) is 16.4. The van der Waals surface area contributed by atoms with Crippen LogP contribution < -0.4 is 0 Å². The minimum atomic E-state index is -0.495. The number of fused-ring (bicyclic) bond motifs is 3. The highest BCUT2D eigenvalue weighted by molar-refractivity contribution is 5.73. The molecule has 0 bridgehead atoms. The van der Waals surface area contributed by atoms with Crippen LogP contribution >= 0.6 is 0 Å². The summed E-state index contributed by atoms with van der Waals surface area (Å²) in [4.78, 5) is 13.8. The lowest BCUT2D eigenvalue weighted by Crippen LogP contribution is -2.34. The lowest BCUT2D eigenvalue weighted by atomic mass is 10.1. The number of hydrogen-bond acceptors (Lipinski definition) is 3. The molecular formula is C16H19N3O2. The number of nitrogens with zero attached hydrogens (tertiary/aromatic N) is 3. The van der Waals surface area contributed by atoms with E-state index in [1.54, 1.807) is 11.1 Å². The molecule has 0 atom stereocenters. The standard InChI is InChI=1S/C16H19N3O2/c1-16(2,3)21-15(20)18-10-8-13-12(11-18)14-7-5-4-6-9-19(14)17-13/h4-8,10H,9,11H2,1-3H3. The zero-order valence-electron chi connectivity index (χ0n) is 12.5. The van der Waals surface area contributed by atoms with Gasteiger partial charge in [0.05, 0.1) is 24.5 Å². The maximum absolute atomic E-state index is 12.2. The summed E-state index contributed by atoms with van der Waals surface area (Å²) >= 11 is 0. The molecule has 0 unspecified atom stereocenters. The van der Waals surface area contributed by atoms with Crippen LogP contribution in [-0.2, 0) is 17.8 Å². The molecule has 0 radical (unpaired) electrons. The molecule has 21 heavy (non-hydrogen) atoms. The third-order valence-electron chi connectivity index (χ3n) is 3.27. The van der Waals surface area contributed by atoms with Gasteiger partial charge < -0.3 is 4.74 Å². The molecular weight excluding hydrogens is 266 g/mol. The van der Waals surface area contributed by atoms with Gasteiger partial charge in [0.2, 0.25) is 0 Å². The van der Waals surface area contributed by atoms with Gasteiger partial charge in [-0.25, -0.2) is 4.79 Å². The predicted octanol–water partition coefficient (Wildman–Crippen LogP) is 3.19. The molecule has 0 aromatic carbocycles. The quantitative estimate of drug-likeness (QED) is 0.735. The average Bonchev–Trinajstić information content (AvgIpc) is 2.58. The van der Waals surface area contributed by atoms with Gasteiger partial charge in [-0.2, -0.15) is 5.10 Å². The summed E-state index contributed by atoms with van der Waals surface area (Å²) in [6.07, 6.45) is 11.4. The fraction of sp³-hybridized carbons (Fsp3) is 0.375. The molecule has 110 valence electrons. The molecule has 5 heteroatoms. The van der Waals surface area contributed by atoms with E-state index in [0.29, 0.717) is 6.54 Å². The fourth-order valence-electron chi connectivity index (χ4n) is 2.37. The lowest BCUT2D eigenvalue weighted by molar-refractivity contribution is 0.0322. The molecule has 5 nitrogen and oxygen atoms in total. The Bertz CT molecular complexity index is 660. The highest BCUT2D eigenvalue weighted by Gasteiger charge is 2.26. The Labute approximate surface area is 124 Å². The van der Waals surface area contributed by atoms with E-state index in [4.69, 9.17) is 4.74 Å².